The number of aromatic hydroxyl groups is 5. The predicted octanol–water partition coefficient (Wildman–Crippen LogP) is 2.40. The maximum absolute atomic E-state index is 12.4. The summed E-state index contributed by atoms with van der Waals surface area (Å²) in [4.78, 5) is 12.4. The predicted molar refractivity (Wildman–Crippen MR) is 78.6 cm³/mol. The van der Waals surface area contributed by atoms with E-state index in [4.69, 9.17) is 0 Å². The highest BCUT2D eigenvalue weighted by molar-refractivity contribution is 6.11. The normalized spacial score (nSPS) is 10.6. The van der Waals surface area contributed by atoms with Crippen molar-refractivity contribution >= 4 is 5.78 Å². The van der Waals surface area contributed by atoms with E-state index >= 15 is 0 Å². The third-order valence-corrected chi connectivity index (χ3v) is 3.33. The van der Waals surface area contributed by atoms with Crippen molar-refractivity contribution in [3.8, 4) is 28.7 Å². The number of aryl methyl sites for hydroxylation is 1. The second-order valence-electron chi connectivity index (χ2n) is 4.91. The first-order chi connectivity index (χ1) is 10.4. The number of ketones is 1. The molecule has 2 aromatic carbocycles. The van der Waals surface area contributed by atoms with Crippen molar-refractivity contribution in [3.05, 3.63) is 41.0 Å². The van der Waals surface area contributed by atoms with Crippen LogP contribution in [0.5, 0.6) is 28.7 Å². The number of phenolic OH excluding ortho intramolecular Hbond substituents is 5. The third-order valence-electron chi connectivity index (χ3n) is 3.33. The fraction of sp³-hybridized carbons (Fsp3) is 0.188. The van der Waals surface area contributed by atoms with Gasteiger partial charge in [0.1, 0.15) is 0 Å². The molecule has 0 atom stereocenters. The molecule has 116 valence electrons. The average molecular weight is 304 g/mol. The van der Waals surface area contributed by atoms with E-state index in [1.54, 1.807) is 0 Å². The minimum absolute atomic E-state index is 0.0261. The molecule has 2 rings (SSSR count). The van der Waals surface area contributed by atoms with Gasteiger partial charge in [0, 0.05) is 5.56 Å². The molecule has 0 aliphatic rings. The fourth-order valence-electron chi connectivity index (χ4n) is 2.16. The van der Waals surface area contributed by atoms with Crippen LogP contribution in [-0.4, -0.2) is 31.3 Å². The van der Waals surface area contributed by atoms with Crippen LogP contribution in [0.4, 0.5) is 0 Å². The molecule has 6 heteroatoms. The first kappa shape index (κ1) is 15.5. The number of hydrogen-bond acceptors (Lipinski definition) is 6. The van der Waals surface area contributed by atoms with E-state index in [2.05, 4.69) is 0 Å². The summed E-state index contributed by atoms with van der Waals surface area (Å²) < 4.78 is 0. The lowest BCUT2D eigenvalue weighted by Crippen LogP contribution is -2.03. The Balaban J connectivity index is 2.55. The maximum Gasteiger partial charge on any atom is 0.201 e. The van der Waals surface area contributed by atoms with E-state index in [1.165, 1.54) is 12.1 Å². The molecule has 0 bridgehead atoms. The summed E-state index contributed by atoms with van der Waals surface area (Å²) in [6, 6.07) is 4.79. The molecule has 0 aliphatic heterocycles. The lowest BCUT2D eigenvalue weighted by atomic mass is 9.97. The Bertz CT molecular complexity index is 736. The summed E-state index contributed by atoms with van der Waals surface area (Å²) in [5.41, 5.74) is 0.172. The van der Waals surface area contributed by atoms with Gasteiger partial charge in [-0.25, -0.2) is 0 Å². The van der Waals surface area contributed by atoms with Gasteiger partial charge in [-0.1, -0.05) is 13.3 Å². The van der Waals surface area contributed by atoms with Crippen molar-refractivity contribution in [1.82, 2.24) is 0 Å². The Morgan fingerprint density at radius 1 is 0.909 bits per heavy atom. The minimum atomic E-state index is -0.752. The molecule has 22 heavy (non-hydrogen) atoms. The number of carbonyl (C=O) groups excluding carboxylic acids is 1. The van der Waals surface area contributed by atoms with Crippen LogP contribution in [-0.2, 0) is 6.42 Å². The van der Waals surface area contributed by atoms with Gasteiger partial charge in [-0.2, -0.15) is 0 Å². The van der Waals surface area contributed by atoms with E-state index in [9.17, 15) is 30.3 Å². The van der Waals surface area contributed by atoms with Gasteiger partial charge in [0.05, 0.1) is 5.56 Å². The van der Waals surface area contributed by atoms with Crippen LogP contribution in [0.3, 0.4) is 0 Å². The van der Waals surface area contributed by atoms with Crippen molar-refractivity contribution in [2.45, 2.75) is 19.8 Å². The largest absolute Gasteiger partial charge is 0.504 e. The maximum atomic E-state index is 12.4. The van der Waals surface area contributed by atoms with E-state index in [1.807, 2.05) is 6.92 Å². The Hall–Kier alpha value is -2.89. The van der Waals surface area contributed by atoms with Crippen LogP contribution in [0.25, 0.3) is 0 Å². The summed E-state index contributed by atoms with van der Waals surface area (Å²) in [5.74, 6) is -3.43. The molecule has 0 amide bonds. The van der Waals surface area contributed by atoms with Gasteiger partial charge < -0.3 is 25.5 Å². The number of phenols is 5. The summed E-state index contributed by atoms with van der Waals surface area (Å²) in [7, 11) is 0. The standard InChI is InChI=1S/C16H16O6/c1-2-3-8-6-10(15(21)16(22)14(8)20)13(19)9-4-5-11(17)12(18)7-9/h4-7,17-18,20-22H,2-3H2,1H3. The van der Waals surface area contributed by atoms with E-state index in [0.29, 0.717) is 18.4 Å². The highest BCUT2D eigenvalue weighted by atomic mass is 16.3. The number of benzene rings is 2. The fourth-order valence-corrected chi connectivity index (χ4v) is 2.16. The molecule has 6 nitrogen and oxygen atoms in total. The Morgan fingerprint density at radius 2 is 1.59 bits per heavy atom. The van der Waals surface area contributed by atoms with E-state index in [0.717, 1.165) is 12.1 Å². The van der Waals surface area contributed by atoms with Gasteiger partial charge in [0.15, 0.2) is 28.8 Å². The lowest BCUT2D eigenvalue weighted by Gasteiger charge is -2.12. The molecular formula is C16H16O6. The summed E-state index contributed by atoms with van der Waals surface area (Å²) in [6.07, 6.45) is 1.09. The van der Waals surface area contributed by atoms with Gasteiger partial charge in [-0.15, -0.1) is 0 Å². The SMILES string of the molecule is CCCc1cc(C(=O)c2ccc(O)c(O)c2)c(O)c(O)c1O. The molecule has 0 saturated carbocycles. The van der Waals surface area contributed by atoms with Crippen LogP contribution >= 0.6 is 0 Å². The van der Waals surface area contributed by atoms with Crippen LogP contribution in [0.2, 0.25) is 0 Å². The summed E-state index contributed by atoms with van der Waals surface area (Å²) in [5, 5.41) is 48.1. The molecule has 0 aromatic heterocycles. The zero-order valence-corrected chi connectivity index (χ0v) is 11.9. The second kappa shape index (κ2) is 5.85. The van der Waals surface area contributed by atoms with Crippen LogP contribution in [0.15, 0.2) is 24.3 Å². The molecule has 2 aromatic rings. The Labute approximate surface area is 126 Å². The van der Waals surface area contributed by atoms with Crippen molar-refractivity contribution in [2.24, 2.45) is 0 Å². The van der Waals surface area contributed by atoms with Crippen molar-refractivity contribution in [2.75, 3.05) is 0 Å². The molecule has 0 aliphatic carbocycles. The topological polar surface area (TPSA) is 118 Å². The minimum Gasteiger partial charge on any atom is -0.504 e. The first-order valence-corrected chi connectivity index (χ1v) is 6.70. The highest BCUT2D eigenvalue weighted by Crippen LogP contribution is 2.41. The molecule has 0 heterocycles. The summed E-state index contributed by atoms with van der Waals surface area (Å²) >= 11 is 0. The van der Waals surface area contributed by atoms with Gasteiger partial charge in [0.25, 0.3) is 0 Å². The van der Waals surface area contributed by atoms with Gasteiger partial charge in [-0.3, -0.25) is 4.79 Å². The lowest BCUT2D eigenvalue weighted by molar-refractivity contribution is 0.103. The van der Waals surface area contributed by atoms with Gasteiger partial charge in [-0.05, 0) is 36.2 Å². The molecular weight excluding hydrogens is 288 g/mol. The van der Waals surface area contributed by atoms with Crippen molar-refractivity contribution in [1.29, 1.82) is 0 Å². The summed E-state index contributed by atoms with van der Waals surface area (Å²) in [6.45, 7) is 1.86. The van der Waals surface area contributed by atoms with Crippen LogP contribution in [0.1, 0.15) is 34.8 Å². The third kappa shape index (κ3) is 2.63. The van der Waals surface area contributed by atoms with Crippen LogP contribution in [0, 0.1) is 0 Å². The number of rotatable bonds is 4. The van der Waals surface area contributed by atoms with E-state index in [-0.39, 0.29) is 16.9 Å². The smallest absolute Gasteiger partial charge is 0.201 e. The van der Waals surface area contributed by atoms with E-state index < -0.39 is 28.8 Å². The Kier molecular flexibility index (Phi) is 4.12. The molecule has 0 fully saturated rings. The molecule has 0 radical (unpaired) electrons. The second-order valence-corrected chi connectivity index (χ2v) is 4.91. The van der Waals surface area contributed by atoms with Gasteiger partial charge >= 0.3 is 0 Å². The quantitative estimate of drug-likeness (QED) is 0.437. The number of carbonyl (C=O) groups is 1. The zero-order chi connectivity index (χ0) is 16.4. The van der Waals surface area contributed by atoms with Crippen LogP contribution < -0.4 is 0 Å². The molecule has 5 N–H and O–H groups in total. The number of hydrogen-bond donors (Lipinski definition) is 5. The van der Waals surface area contributed by atoms with Crippen molar-refractivity contribution in [3.63, 3.8) is 0 Å². The van der Waals surface area contributed by atoms with Gasteiger partial charge in [0.2, 0.25) is 5.75 Å². The average Bonchev–Trinajstić information content (AvgIpc) is 2.50. The Morgan fingerprint density at radius 3 is 2.18 bits per heavy atom. The molecule has 0 spiro atoms. The monoisotopic (exact) mass is 304 g/mol. The molecule has 0 unspecified atom stereocenters. The first-order valence-electron chi connectivity index (χ1n) is 6.70. The molecule has 0 saturated heterocycles. The van der Waals surface area contributed by atoms with Crippen molar-refractivity contribution < 1.29 is 30.3 Å². The zero-order valence-electron chi connectivity index (χ0n) is 11.9. The highest BCUT2D eigenvalue weighted by Gasteiger charge is 2.22.